The van der Waals surface area contributed by atoms with Gasteiger partial charge in [0.05, 0.1) is 32.5 Å². The van der Waals surface area contributed by atoms with Gasteiger partial charge in [-0.05, 0) is 25.2 Å². The van der Waals surface area contributed by atoms with Crippen LogP contribution in [0.5, 0.6) is 0 Å². The molecule has 3 rings (SSSR count). The lowest BCUT2D eigenvalue weighted by molar-refractivity contribution is -0.163. The molecule has 0 amide bonds. The Morgan fingerprint density at radius 3 is 2.83 bits per heavy atom. The van der Waals surface area contributed by atoms with Crippen LogP contribution in [-0.4, -0.2) is 50.7 Å². The number of ether oxygens (including phenoxy) is 5. The standard InChI is InChI=1S/C18H30O5/c1-3-8-19-11-16-12-20-17(22-16)10-14(2)9-15-13-21-18(23-15)6-4-5-7-18/h3,14-17H,1,4-13H2,2H3. The van der Waals surface area contributed by atoms with Crippen molar-refractivity contribution in [1.29, 1.82) is 0 Å². The molecule has 0 radical (unpaired) electrons. The van der Waals surface area contributed by atoms with Crippen molar-refractivity contribution < 1.29 is 23.7 Å². The molecule has 2 saturated heterocycles. The predicted octanol–water partition coefficient (Wildman–Crippen LogP) is 3.03. The van der Waals surface area contributed by atoms with Crippen LogP contribution in [0.4, 0.5) is 0 Å². The Kier molecular flexibility index (Phi) is 6.10. The molecule has 0 bridgehead atoms. The van der Waals surface area contributed by atoms with Crippen molar-refractivity contribution in [2.24, 2.45) is 5.92 Å². The van der Waals surface area contributed by atoms with E-state index in [4.69, 9.17) is 23.7 Å². The summed E-state index contributed by atoms with van der Waals surface area (Å²) in [7, 11) is 0. The van der Waals surface area contributed by atoms with Crippen molar-refractivity contribution in [1.82, 2.24) is 0 Å². The molecule has 5 nitrogen and oxygen atoms in total. The average molecular weight is 326 g/mol. The molecule has 1 spiro atoms. The minimum Gasteiger partial charge on any atom is -0.375 e. The smallest absolute Gasteiger partial charge is 0.168 e. The van der Waals surface area contributed by atoms with Gasteiger partial charge in [-0.25, -0.2) is 0 Å². The van der Waals surface area contributed by atoms with Gasteiger partial charge in [0.15, 0.2) is 12.1 Å². The van der Waals surface area contributed by atoms with E-state index in [-0.39, 0.29) is 24.3 Å². The molecule has 3 aliphatic rings. The first kappa shape index (κ1) is 17.4. The molecule has 2 heterocycles. The summed E-state index contributed by atoms with van der Waals surface area (Å²) in [5.41, 5.74) is 0. The second kappa shape index (κ2) is 8.08. The van der Waals surface area contributed by atoms with Gasteiger partial charge >= 0.3 is 0 Å². The second-order valence-corrected chi connectivity index (χ2v) is 7.09. The SMILES string of the molecule is C=CCOCC1COC(CC(C)CC2COC3(CCCC3)O2)O1. The molecule has 132 valence electrons. The third-order valence-corrected chi connectivity index (χ3v) is 4.89. The van der Waals surface area contributed by atoms with Gasteiger partial charge in [0.25, 0.3) is 0 Å². The van der Waals surface area contributed by atoms with Crippen molar-refractivity contribution >= 4 is 0 Å². The maximum Gasteiger partial charge on any atom is 0.168 e. The first-order chi connectivity index (χ1) is 11.2. The maximum atomic E-state index is 6.20. The van der Waals surface area contributed by atoms with E-state index in [1.54, 1.807) is 6.08 Å². The molecular formula is C18H30O5. The van der Waals surface area contributed by atoms with Crippen molar-refractivity contribution in [3.05, 3.63) is 12.7 Å². The third-order valence-electron chi connectivity index (χ3n) is 4.89. The van der Waals surface area contributed by atoms with E-state index in [9.17, 15) is 0 Å². The Labute approximate surface area is 139 Å². The molecule has 2 aliphatic heterocycles. The lowest BCUT2D eigenvalue weighted by Crippen LogP contribution is -2.27. The molecule has 0 aromatic rings. The molecule has 0 N–H and O–H groups in total. The van der Waals surface area contributed by atoms with Crippen LogP contribution in [0.15, 0.2) is 12.7 Å². The third kappa shape index (κ3) is 4.77. The van der Waals surface area contributed by atoms with Crippen LogP contribution in [-0.2, 0) is 23.7 Å². The first-order valence-corrected chi connectivity index (χ1v) is 8.96. The number of hydrogen-bond acceptors (Lipinski definition) is 5. The fourth-order valence-electron chi connectivity index (χ4n) is 3.78. The Morgan fingerprint density at radius 2 is 2.04 bits per heavy atom. The Hall–Kier alpha value is -0.460. The minimum absolute atomic E-state index is 0.0416. The van der Waals surface area contributed by atoms with Gasteiger partial charge in [0, 0.05) is 19.3 Å². The zero-order chi connectivity index (χ0) is 16.1. The van der Waals surface area contributed by atoms with Crippen LogP contribution in [0, 0.1) is 5.92 Å². The lowest BCUT2D eigenvalue weighted by Gasteiger charge is -2.23. The van der Waals surface area contributed by atoms with E-state index in [0.717, 1.165) is 32.3 Å². The molecule has 0 aromatic carbocycles. The zero-order valence-corrected chi connectivity index (χ0v) is 14.2. The van der Waals surface area contributed by atoms with Crippen molar-refractivity contribution in [2.75, 3.05) is 26.4 Å². The summed E-state index contributed by atoms with van der Waals surface area (Å²) in [6.45, 7) is 8.34. The highest BCUT2D eigenvalue weighted by atomic mass is 16.7. The fourth-order valence-corrected chi connectivity index (χ4v) is 3.78. The summed E-state index contributed by atoms with van der Waals surface area (Å²) in [6.07, 6.45) is 8.34. The number of rotatable bonds is 8. The van der Waals surface area contributed by atoms with Crippen LogP contribution < -0.4 is 0 Å². The topological polar surface area (TPSA) is 46.2 Å². The number of hydrogen-bond donors (Lipinski definition) is 0. The van der Waals surface area contributed by atoms with Gasteiger partial charge in [-0.15, -0.1) is 6.58 Å². The molecule has 1 saturated carbocycles. The summed E-state index contributed by atoms with van der Waals surface area (Å²) < 4.78 is 29.2. The highest BCUT2D eigenvalue weighted by Crippen LogP contribution is 2.40. The van der Waals surface area contributed by atoms with Crippen LogP contribution in [0.3, 0.4) is 0 Å². The zero-order valence-electron chi connectivity index (χ0n) is 14.2. The largest absolute Gasteiger partial charge is 0.375 e. The summed E-state index contributed by atoms with van der Waals surface area (Å²) in [5.74, 6) is 0.233. The van der Waals surface area contributed by atoms with Crippen molar-refractivity contribution in [2.45, 2.75) is 69.7 Å². The maximum absolute atomic E-state index is 6.20. The summed E-state index contributed by atoms with van der Waals surface area (Å²) >= 11 is 0. The van der Waals surface area contributed by atoms with Gasteiger partial charge in [-0.3, -0.25) is 0 Å². The highest BCUT2D eigenvalue weighted by Gasteiger charge is 2.44. The van der Waals surface area contributed by atoms with Crippen molar-refractivity contribution in [3.63, 3.8) is 0 Å². The molecule has 4 atom stereocenters. The van der Waals surface area contributed by atoms with Gasteiger partial charge in [-0.1, -0.05) is 13.0 Å². The van der Waals surface area contributed by atoms with Crippen LogP contribution in [0.1, 0.15) is 45.4 Å². The molecule has 1 aliphatic carbocycles. The van der Waals surface area contributed by atoms with E-state index in [2.05, 4.69) is 13.5 Å². The van der Waals surface area contributed by atoms with Crippen LogP contribution in [0.25, 0.3) is 0 Å². The van der Waals surface area contributed by atoms with E-state index in [1.165, 1.54) is 12.8 Å². The van der Waals surface area contributed by atoms with Crippen LogP contribution >= 0.6 is 0 Å². The second-order valence-electron chi connectivity index (χ2n) is 7.09. The lowest BCUT2D eigenvalue weighted by atomic mass is 10.00. The van der Waals surface area contributed by atoms with Gasteiger partial charge in [0.1, 0.15) is 6.10 Å². The highest BCUT2D eigenvalue weighted by molar-refractivity contribution is 4.84. The summed E-state index contributed by atoms with van der Waals surface area (Å²) in [4.78, 5) is 0. The Morgan fingerprint density at radius 1 is 1.22 bits per heavy atom. The van der Waals surface area contributed by atoms with Gasteiger partial charge in [0.2, 0.25) is 0 Å². The van der Waals surface area contributed by atoms with E-state index in [0.29, 0.717) is 25.7 Å². The van der Waals surface area contributed by atoms with Crippen LogP contribution in [0.2, 0.25) is 0 Å². The fraction of sp³-hybridized carbons (Fsp3) is 0.889. The van der Waals surface area contributed by atoms with E-state index >= 15 is 0 Å². The summed E-state index contributed by atoms with van der Waals surface area (Å²) in [5, 5.41) is 0. The normalized spacial score (nSPS) is 34.2. The Balaban J connectivity index is 1.34. The predicted molar refractivity (Wildman–Crippen MR) is 86.1 cm³/mol. The molecular weight excluding hydrogens is 296 g/mol. The molecule has 0 aromatic heterocycles. The average Bonchev–Trinajstić information content (AvgIpc) is 3.24. The van der Waals surface area contributed by atoms with E-state index in [1.807, 2.05) is 0 Å². The summed E-state index contributed by atoms with van der Waals surface area (Å²) in [6, 6.07) is 0. The molecule has 23 heavy (non-hydrogen) atoms. The minimum atomic E-state index is -0.252. The van der Waals surface area contributed by atoms with E-state index < -0.39 is 0 Å². The van der Waals surface area contributed by atoms with Gasteiger partial charge < -0.3 is 23.7 Å². The monoisotopic (exact) mass is 326 g/mol. The quantitative estimate of drug-likeness (QED) is 0.507. The first-order valence-electron chi connectivity index (χ1n) is 8.96. The Bertz CT molecular complexity index is 380. The molecule has 5 heteroatoms. The van der Waals surface area contributed by atoms with Crippen molar-refractivity contribution in [3.8, 4) is 0 Å². The molecule has 4 unspecified atom stereocenters. The van der Waals surface area contributed by atoms with Gasteiger partial charge in [-0.2, -0.15) is 0 Å². The molecule has 3 fully saturated rings.